The Morgan fingerprint density at radius 2 is 2.05 bits per heavy atom. The Hall–Kier alpha value is -0.730. The number of benzene rings is 1. The van der Waals surface area contributed by atoms with Crippen LogP contribution in [0, 0.1) is 5.92 Å². The smallest absolute Gasteiger partial charge is 0.122 e. The molecule has 0 bridgehead atoms. The third-order valence-corrected chi connectivity index (χ3v) is 4.72. The Labute approximate surface area is 120 Å². The van der Waals surface area contributed by atoms with E-state index in [2.05, 4.69) is 36.2 Å². The van der Waals surface area contributed by atoms with Gasteiger partial charge in [-0.05, 0) is 43.9 Å². The van der Waals surface area contributed by atoms with Crippen molar-refractivity contribution in [1.29, 1.82) is 0 Å². The topological polar surface area (TPSA) is 12.5 Å². The van der Waals surface area contributed by atoms with E-state index in [9.17, 15) is 0 Å². The Morgan fingerprint density at radius 3 is 2.84 bits per heavy atom. The first-order valence-corrected chi connectivity index (χ1v) is 7.70. The number of hydrogen-bond donors (Lipinski definition) is 0. The first kappa shape index (κ1) is 13.3. The molecule has 0 radical (unpaired) electrons. The molecule has 0 amide bonds. The molecule has 1 fully saturated rings. The van der Waals surface area contributed by atoms with Gasteiger partial charge in [-0.3, -0.25) is 0 Å². The molecule has 1 atom stereocenters. The maximum absolute atomic E-state index is 6.05. The molecule has 1 unspecified atom stereocenters. The molecule has 0 N–H and O–H groups in total. The normalized spacial score (nSPS) is 29.5. The highest BCUT2D eigenvalue weighted by Crippen LogP contribution is 2.35. The van der Waals surface area contributed by atoms with Crippen LogP contribution in [-0.4, -0.2) is 37.0 Å². The molecule has 3 heteroatoms. The van der Waals surface area contributed by atoms with Crippen molar-refractivity contribution < 1.29 is 4.74 Å². The van der Waals surface area contributed by atoms with E-state index in [-0.39, 0.29) is 0 Å². The second kappa shape index (κ2) is 5.72. The summed E-state index contributed by atoms with van der Waals surface area (Å²) in [6, 6.07) is 8.47. The Kier molecular flexibility index (Phi) is 3.99. The van der Waals surface area contributed by atoms with Crippen LogP contribution in [0.15, 0.2) is 24.3 Å². The maximum atomic E-state index is 6.05. The van der Waals surface area contributed by atoms with Gasteiger partial charge < -0.3 is 9.64 Å². The minimum absolute atomic E-state index is 0.433. The maximum Gasteiger partial charge on any atom is 0.122 e. The van der Waals surface area contributed by atoms with Crippen molar-refractivity contribution in [2.24, 2.45) is 5.92 Å². The second-order valence-corrected chi connectivity index (χ2v) is 6.65. The minimum Gasteiger partial charge on any atom is -0.493 e. The van der Waals surface area contributed by atoms with Crippen molar-refractivity contribution in [2.45, 2.75) is 30.6 Å². The van der Waals surface area contributed by atoms with Gasteiger partial charge in [0.2, 0.25) is 0 Å². The van der Waals surface area contributed by atoms with E-state index in [1.165, 1.54) is 24.9 Å². The van der Waals surface area contributed by atoms with Crippen LogP contribution in [0.25, 0.3) is 0 Å². The molecule has 2 nitrogen and oxygen atoms in total. The van der Waals surface area contributed by atoms with Crippen LogP contribution in [0.1, 0.15) is 30.7 Å². The van der Waals surface area contributed by atoms with Crippen LogP contribution in [-0.2, 0) is 0 Å². The van der Waals surface area contributed by atoms with Gasteiger partial charge in [-0.1, -0.05) is 18.2 Å². The van der Waals surface area contributed by atoms with Gasteiger partial charge in [-0.25, -0.2) is 0 Å². The number of likely N-dealkylation sites (N-methyl/N-ethyl adjacent to an activating group) is 1. The summed E-state index contributed by atoms with van der Waals surface area (Å²) in [7, 11) is 2.24. The molecule has 3 rings (SSSR count). The molecule has 1 aromatic rings. The fraction of sp³-hybridized carbons (Fsp3) is 0.625. The van der Waals surface area contributed by atoms with Crippen molar-refractivity contribution in [3.8, 4) is 5.75 Å². The number of halogens is 1. The molecule has 2 aliphatic rings. The molecule has 1 saturated carbocycles. The number of hydrogen-bond acceptors (Lipinski definition) is 2. The first-order chi connectivity index (χ1) is 9.22. The van der Waals surface area contributed by atoms with Crippen LogP contribution >= 0.6 is 11.6 Å². The summed E-state index contributed by atoms with van der Waals surface area (Å²) in [5, 5.41) is 0.433. The van der Waals surface area contributed by atoms with E-state index in [1.807, 2.05) is 0 Å². The van der Waals surface area contributed by atoms with Crippen molar-refractivity contribution >= 4 is 11.6 Å². The van der Waals surface area contributed by atoms with Gasteiger partial charge in [-0.15, -0.1) is 11.6 Å². The lowest BCUT2D eigenvalue weighted by atomic mass is 9.84. The van der Waals surface area contributed by atoms with Gasteiger partial charge in [-0.2, -0.15) is 0 Å². The highest BCUT2D eigenvalue weighted by molar-refractivity contribution is 6.21. The summed E-state index contributed by atoms with van der Waals surface area (Å²) < 4.78 is 5.73. The highest BCUT2D eigenvalue weighted by atomic mass is 35.5. The van der Waals surface area contributed by atoms with Crippen LogP contribution in [0.5, 0.6) is 5.75 Å². The highest BCUT2D eigenvalue weighted by Gasteiger charge is 2.29. The lowest BCUT2D eigenvalue weighted by Gasteiger charge is -2.36. The molecule has 104 valence electrons. The van der Waals surface area contributed by atoms with Gasteiger partial charge in [0.15, 0.2) is 0 Å². The molecule has 1 aliphatic heterocycles. The molecule has 19 heavy (non-hydrogen) atoms. The number of ether oxygens (including phenoxy) is 1. The lowest BCUT2D eigenvalue weighted by molar-refractivity contribution is 0.184. The first-order valence-electron chi connectivity index (χ1n) is 7.26. The van der Waals surface area contributed by atoms with Crippen molar-refractivity contribution in [1.82, 2.24) is 4.90 Å². The summed E-state index contributed by atoms with van der Waals surface area (Å²) in [5.41, 5.74) is 1.38. The van der Waals surface area contributed by atoms with E-state index >= 15 is 0 Å². The molecule has 0 saturated heterocycles. The van der Waals surface area contributed by atoms with Crippen LogP contribution in [0.4, 0.5) is 0 Å². The molecule has 0 spiro atoms. The monoisotopic (exact) mass is 279 g/mol. The van der Waals surface area contributed by atoms with Crippen LogP contribution in [0.3, 0.4) is 0 Å². The molecular weight excluding hydrogens is 258 g/mol. The predicted octanol–water partition coefficient (Wildman–Crippen LogP) is 3.50. The predicted molar refractivity (Wildman–Crippen MR) is 79.2 cm³/mol. The zero-order valence-corrected chi connectivity index (χ0v) is 12.3. The van der Waals surface area contributed by atoms with Crippen molar-refractivity contribution in [3.05, 3.63) is 29.8 Å². The summed E-state index contributed by atoms with van der Waals surface area (Å²) in [5.74, 6) is 2.50. The fourth-order valence-electron chi connectivity index (χ4n) is 3.30. The van der Waals surface area contributed by atoms with Gasteiger partial charge >= 0.3 is 0 Å². The summed E-state index contributed by atoms with van der Waals surface area (Å²) >= 11 is 6.05. The van der Waals surface area contributed by atoms with Crippen molar-refractivity contribution in [3.63, 3.8) is 0 Å². The number of para-hydroxylation sites is 1. The van der Waals surface area contributed by atoms with E-state index < -0.39 is 0 Å². The quantitative estimate of drug-likeness (QED) is 0.782. The largest absolute Gasteiger partial charge is 0.493 e. The van der Waals surface area contributed by atoms with E-state index in [1.54, 1.807) is 0 Å². The molecular formula is C16H22ClNO. The third-order valence-electron chi connectivity index (χ3n) is 4.36. The average molecular weight is 280 g/mol. The Bertz CT molecular complexity index is 431. The molecule has 1 heterocycles. The van der Waals surface area contributed by atoms with E-state index in [4.69, 9.17) is 16.3 Å². The molecule has 1 aliphatic carbocycles. The number of fused-ring (bicyclic) bond motifs is 1. The standard InChI is InChI=1S/C16H22ClNO/c1-18(10-12-8-14(17)9-12)11-13-6-7-19-16-5-3-2-4-15(13)16/h2-5,12-14H,6-11H2,1H3. The van der Waals surface area contributed by atoms with Gasteiger partial charge in [0, 0.05) is 24.4 Å². The minimum atomic E-state index is 0.433. The van der Waals surface area contributed by atoms with Gasteiger partial charge in [0.25, 0.3) is 0 Å². The SMILES string of the molecule is CN(CC1CC(Cl)C1)CC1CCOc2ccccc21. The second-order valence-electron chi connectivity index (χ2n) is 6.03. The van der Waals surface area contributed by atoms with E-state index in [0.717, 1.165) is 31.2 Å². The fourth-order valence-corrected chi connectivity index (χ4v) is 3.80. The van der Waals surface area contributed by atoms with Gasteiger partial charge in [0.05, 0.1) is 6.61 Å². The lowest BCUT2D eigenvalue weighted by Crippen LogP contribution is -2.37. The number of nitrogens with zero attached hydrogens (tertiary/aromatic N) is 1. The van der Waals surface area contributed by atoms with Gasteiger partial charge in [0.1, 0.15) is 5.75 Å². The zero-order chi connectivity index (χ0) is 13.2. The zero-order valence-electron chi connectivity index (χ0n) is 11.5. The van der Waals surface area contributed by atoms with E-state index in [0.29, 0.717) is 11.3 Å². The van der Waals surface area contributed by atoms with Crippen LogP contribution in [0.2, 0.25) is 0 Å². The molecule has 0 aromatic heterocycles. The average Bonchev–Trinajstić information content (AvgIpc) is 2.37. The summed E-state index contributed by atoms with van der Waals surface area (Å²) in [4.78, 5) is 2.47. The number of alkyl halides is 1. The Morgan fingerprint density at radius 1 is 1.26 bits per heavy atom. The van der Waals surface area contributed by atoms with Crippen molar-refractivity contribution in [2.75, 3.05) is 26.7 Å². The number of rotatable bonds is 4. The molecule has 1 aromatic carbocycles. The Balaban J connectivity index is 1.58. The summed E-state index contributed by atoms with van der Waals surface area (Å²) in [6.07, 6.45) is 3.51. The third kappa shape index (κ3) is 3.06. The summed E-state index contributed by atoms with van der Waals surface area (Å²) in [6.45, 7) is 3.16. The van der Waals surface area contributed by atoms with Crippen LogP contribution < -0.4 is 4.74 Å².